The minimum Gasteiger partial charge on any atom is -0.334 e. The van der Waals surface area contributed by atoms with E-state index >= 15 is 0 Å². The van der Waals surface area contributed by atoms with E-state index in [-0.39, 0.29) is 11.8 Å². The average Bonchev–Trinajstić information content (AvgIpc) is 3.12. The first-order valence-electron chi connectivity index (χ1n) is 9.44. The summed E-state index contributed by atoms with van der Waals surface area (Å²) in [4.78, 5) is 28.6. The Morgan fingerprint density at radius 3 is 2.54 bits per heavy atom. The molecule has 28 heavy (non-hydrogen) atoms. The predicted octanol–water partition coefficient (Wildman–Crippen LogP) is 4.10. The molecular formula is C22H22N4O2. The molecule has 0 spiro atoms. The molecule has 3 aromatic rings. The lowest BCUT2D eigenvalue weighted by atomic mass is 10.1. The summed E-state index contributed by atoms with van der Waals surface area (Å²) < 4.78 is 2.21. The van der Waals surface area contributed by atoms with Crippen LogP contribution < -0.4 is 10.6 Å². The fourth-order valence-corrected chi connectivity index (χ4v) is 3.46. The van der Waals surface area contributed by atoms with Gasteiger partial charge in [-0.3, -0.25) is 9.59 Å². The maximum atomic E-state index is 12.7. The lowest BCUT2D eigenvalue weighted by Crippen LogP contribution is -2.13. The van der Waals surface area contributed by atoms with Gasteiger partial charge in [0, 0.05) is 42.9 Å². The number of hydrogen-bond donors (Lipinski definition) is 2. The van der Waals surface area contributed by atoms with Gasteiger partial charge in [-0.2, -0.15) is 0 Å². The Hall–Kier alpha value is -3.41. The molecule has 6 heteroatoms. The first-order chi connectivity index (χ1) is 13.6. The second-order valence-corrected chi connectivity index (χ2v) is 6.95. The molecule has 2 aromatic carbocycles. The van der Waals surface area contributed by atoms with E-state index in [1.165, 1.54) is 19.8 Å². The average molecular weight is 374 g/mol. The minimum atomic E-state index is -0.203. The normalized spacial score (nSPS) is 12.9. The summed E-state index contributed by atoms with van der Waals surface area (Å²) in [6, 6.07) is 14.5. The number of amides is 2. The van der Waals surface area contributed by atoms with Crippen molar-refractivity contribution in [1.29, 1.82) is 0 Å². The molecule has 2 heterocycles. The maximum Gasteiger partial charge on any atom is 0.255 e. The van der Waals surface area contributed by atoms with Gasteiger partial charge in [-0.15, -0.1) is 0 Å². The van der Waals surface area contributed by atoms with E-state index in [2.05, 4.69) is 21.4 Å². The first kappa shape index (κ1) is 18.0. The molecule has 0 radical (unpaired) electrons. The van der Waals surface area contributed by atoms with Crippen molar-refractivity contribution in [2.45, 2.75) is 32.7 Å². The van der Waals surface area contributed by atoms with Gasteiger partial charge in [-0.25, -0.2) is 4.98 Å². The number of aromatic nitrogens is 2. The van der Waals surface area contributed by atoms with Crippen LogP contribution >= 0.6 is 0 Å². The highest BCUT2D eigenvalue weighted by Crippen LogP contribution is 2.29. The summed E-state index contributed by atoms with van der Waals surface area (Å²) in [7, 11) is 0. The highest BCUT2D eigenvalue weighted by Gasteiger charge is 2.16. The van der Waals surface area contributed by atoms with Gasteiger partial charge >= 0.3 is 0 Å². The highest BCUT2D eigenvalue weighted by atomic mass is 16.2. The lowest BCUT2D eigenvalue weighted by molar-refractivity contribution is -0.114. The zero-order chi connectivity index (χ0) is 19.5. The summed E-state index contributed by atoms with van der Waals surface area (Å²) >= 11 is 0. The maximum absolute atomic E-state index is 12.7. The number of carbonyl (C=O) groups excluding carboxylic acids is 2. The van der Waals surface area contributed by atoms with Crippen LogP contribution in [0.2, 0.25) is 0 Å². The number of benzene rings is 2. The van der Waals surface area contributed by atoms with Crippen LogP contribution in [0.25, 0.3) is 11.3 Å². The number of anilines is 2. The molecule has 0 atom stereocenters. The summed E-state index contributed by atoms with van der Waals surface area (Å²) in [5.74, 6) is 0.760. The second kappa shape index (κ2) is 7.68. The third-order valence-corrected chi connectivity index (χ3v) is 4.83. The Morgan fingerprint density at radius 1 is 1.00 bits per heavy atom. The van der Waals surface area contributed by atoms with E-state index < -0.39 is 0 Å². The fraction of sp³-hybridized carbons (Fsp3) is 0.227. The molecule has 0 fully saturated rings. The third kappa shape index (κ3) is 3.81. The number of rotatable bonds is 4. The van der Waals surface area contributed by atoms with Crippen LogP contribution in [-0.2, 0) is 17.8 Å². The van der Waals surface area contributed by atoms with Crippen molar-refractivity contribution < 1.29 is 9.59 Å². The topological polar surface area (TPSA) is 76.0 Å². The Bertz CT molecular complexity index is 998. The lowest BCUT2D eigenvalue weighted by Gasteiger charge is -2.11. The number of imidazole rings is 1. The quantitative estimate of drug-likeness (QED) is 0.722. The molecule has 1 aliphatic heterocycles. The molecule has 142 valence electrons. The standard InChI is InChI=1S/C22H22N4O2/c1-15(27)23-17-11-9-16(10-12-17)22(28)25-19-7-3-2-6-18(19)20-14-26-13-5-4-8-21(26)24-20/h2-3,6-7,9-12,14H,4-5,8,13H2,1H3,(H,23,27)(H,25,28). The van der Waals surface area contributed by atoms with Crippen LogP contribution in [0.4, 0.5) is 11.4 Å². The summed E-state index contributed by atoms with van der Waals surface area (Å²) in [6.07, 6.45) is 5.41. The SMILES string of the molecule is CC(=O)Nc1ccc(C(=O)Nc2ccccc2-c2cn3c(n2)CCCC3)cc1. The third-order valence-electron chi connectivity index (χ3n) is 4.83. The monoisotopic (exact) mass is 374 g/mol. The van der Waals surface area contributed by atoms with Gasteiger partial charge in [-0.05, 0) is 43.2 Å². The Labute approximate surface area is 163 Å². The molecule has 2 amide bonds. The van der Waals surface area contributed by atoms with Crippen LogP contribution in [0.15, 0.2) is 54.7 Å². The van der Waals surface area contributed by atoms with E-state index in [1.807, 2.05) is 24.3 Å². The van der Waals surface area contributed by atoms with Crippen molar-refractivity contribution in [1.82, 2.24) is 9.55 Å². The molecule has 0 bridgehead atoms. The fourth-order valence-electron chi connectivity index (χ4n) is 3.46. The molecule has 6 nitrogen and oxygen atoms in total. The number of nitrogens with zero attached hydrogens (tertiary/aromatic N) is 2. The van der Waals surface area contributed by atoms with E-state index in [1.54, 1.807) is 24.3 Å². The zero-order valence-corrected chi connectivity index (χ0v) is 15.7. The van der Waals surface area contributed by atoms with Crippen molar-refractivity contribution in [3.8, 4) is 11.3 Å². The molecule has 0 saturated carbocycles. The van der Waals surface area contributed by atoms with Gasteiger partial charge in [-0.1, -0.05) is 18.2 Å². The summed E-state index contributed by atoms with van der Waals surface area (Å²) in [5.41, 5.74) is 3.70. The predicted molar refractivity (Wildman–Crippen MR) is 109 cm³/mol. The van der Waals surface area contributed by atoms with Gasteiger partial charge < -0.3 is 15.2 Å². The van der Waals surface area contributed by atoms with E-state index in [0.717, 1.165) is 35.7 Å². The molecule has 0 saturated heterocycles. The van der Waals surface area contributed by atoms with Gasteiger partial charge in [0.05, 0.1) is 11.4 Å². The van der Waals surface area contributed by atoms with Gasteiger partial charge in [0.25, 0.3) is 5.91 Å². The molecule has 0 unspecified atom stereocenters. The molecule has 1 aromatic heterocycles. The van der Waals surface area contributed by atoms with Gasteiger partial charge in [0.15, 0.2) is 0 Å². The number of para-hydroxylation sites is 1. The molecule has 4 rings (SSSR count). The van der Waals surface area contributed by atoms with E-state index in [0.29, 0.717) is 11.3 Å². The van der Waals surface area contributed by atoms with Crippen molar-refractivity contribution in [3.63, 3.8) is 0 Å². The Morgan fingerprint density at radius 2 is 1.79 bits per heavy atom. The molecular weight excluding hydrogens is 352 g/mol. The van der Waals surface area contributed by atoms with Gasteiger partial charge in [0.2, 0.25) is 5.91 Å². The second-order valence-electron chi connectivity index (χ2n) is 6.95. The molecule has 1 aliphatic rings. The Balaban J connectivity index is 1.56. The minimum absolute atomic E-state index is 0.145. The number of nitrogens with one attached hydrogen (secondary N) is 2. The Kier molecular flexibility index (Phi) is 4.93. The largest absolute Gasteiger partial charge is 0.334 e. The summed E-state index contributed by atoms with van der Waals surface area (Å²) in [5, 5.41) is 5.68. The smallest absolute Gasteiger partial charge is 0.255 e. The van der Waals surface area contributed by atoms with Crippen molar-refractivity contribution in [2.75, 3.05) is 10.6 Å². The van der Waals surface area contributed by atoms with E-state index in [9.17, 15) is 9.59 Å². The zero-order valence-electron chi connectivity index (χ0n) is 15.7. The highest BCUT2D eigenvalue weighted by molar-refractivity contribution is 6.06. The summed E-state index contributed by atoms with van der Waals surface area (Å²) in [6.45, 7) is 2.45. The van der Waals surface area contributed by atoms with Crippen LogP contribution in [0.3, 0.4) is 0 Å². The molecule has 0 aliphatic carbocycles. The molecule has 2 N–H and O–H groups in total. The van der Waals surface area contributed by atoms with Crippen LogP contribution in [0, 0.1) is 0 Å². The van der Waals surface area contributed by atoms with Crippen LogP contribution in [0.5, 0.6) is 0 Å². The van der Waals surface area contributed by atoms with Gasteiger partial charge in [0.1, 0.15) is 5.82 Å². The number of fused-ring (bicyclic) bond motifs is 1. The number of aryl methyl sites for hydroxylation is 2. The van der Waals surface area contributed by atoms with Crippen molar-refractivity contribution >= 4 is 23.2 Å². The number of hydrogen-bond acceptors (Lipinski definition) is 3. The van der Waals surface area contributed by atoms with Crippen LogP contribution in [-0.4, -0.2) is 21.4 Å². The number of carbonyl (C=O) groups is 2. The van der Waals surface area contributed by atoms with E-state index in [4.69, 9.17) is 4.98 Å². The van der Waals surface area contributed by atoms with Crippen LogP contribution in [0.1, 0.15) is 35.9 Å². The van der Waals surface area contributed by atoms with Crippen molar-refractivity contribution in [3.05, 3.63) is 66.1 Å². The first-order valence-corrected chi connectivity index (χ1v) is 9.44. The van der Waals surface area contributed by atoms with Crippen molar-refractivity contribution in [2.24, 2.45) is 0 Å².